The summed E-state index contributed by atoms with van der Waals surface area (Å²) in [5.74, 6) is 0. The average molecular weight is 183 g/mol. The Kier molecular flexibility index (Phi) is 10.3. The van der Waals surface area contributed by atoms with Gasteiger partial charge in [-0.2, -0.15) is 0 Å². The molecule has 0 heterocycles. The minimum atomic E-state index is -4.82. The van der Waals surface area contributed by atoms with Crippen LogP contribution >= 0.6 is 7.82 Å². The maximum Gasteiger partial charge on any atom is 1.00 e. The minimum Gasteiger partial charge on any atom is -1.00 e. The molecule has 0 radical (unpaired) electrons. The second kappa shape index (κ2) is 6.11. The summed E-state index contributed by atoms with van der Waals surface area (Å²) in [5.41, 5.74) is 0. The van der Waals surface area contributed by atoms with Crippen LogP contribution in [0.3, 0.4) is 0 Å². The van der Waals surface area contributed by atoms with E-state index in [4.69, 9.17) is 14.9 Å². The first-order valence-corrected chi connectivity index (χ1v) is 2.93. The molecule has 0 aromatic carbocycles. The third-order valence-electron chi connectivity index (χ3n) is 0.197. The van der Waals surface area contributed by atoms with Crippen LogP contribution in [-0.4, -0.2) is 21.0 Å². The van der Waals surface area contributed by atoms with Crippen LogP contribution < -0.4 is 35.7 Å². The van der Waals surface area contributed by atoms with E-state index in [0.29, 0.717) is 0 Å². The van der Waals surface area contributed by atoms with Gasteiger partial charge in [0.2, 0.25) is 0 Å². The zero-order valence-corrected chi connectivity index (χ0v) is 8.12. The summed E-state index contributed by atoms with van der Waals surface area (Å²) in [5, 5.41) is 7.53. The molecule has 0 aromatic rings. The van der Waals surface area contributed by atoms with Crippen LogP contribution in [-0.2, 0) is 9.09 Å². The van der Waals surface area contributed by atoms with Crippen molar-refractivity contribution in [3.05, 3.63) is 0 Å². The molecule has 0 saturated heterocycles. The Balaban J connectivity index is -0.0000000817. The van der Waals surface area contributed by atoms with E-state index in [1.165, 1.54) is 0 Å². The van der Waals surface area contributed by atoms with Crippen LogP contribution in [0.15, 0.2) is 0 Å². The van der Waals surface area contributed by atoms with Gasteiger partial charge in [-0.1, -0.05) is 0 Å². The molecule has 0 atom stereocenters. The van der Waals surface area contributed by atoms with Crippen molar-refractivity contribution in [2.24, 2.45) is 0 Å². The summed E-state index contributed by atoms with van der Waals surface area (Å²) in [6, 6.07) is 0. The van der Waals surface area contributed by atoms with E-state index < -0.39 is 14.0 Å². The molecule has 58 valence electrons. The Hall–Kier alpha value is 0.380. The Morgan fingerprint density at radius 3 is 1.80 bits per heavy atom. The fourth-order valence-corrected chi connectivity index (χ4v) is 0.305. The van der Waals surface area contributed by atoms with Gasteiger partial charge in [0, 0.05) is 0 Å². The number of hydrogen-bond acceptors (Lipinski definition) is 4. The Morgan fingerprint density at radius 2 is 1.80 bits per heavy atom. The zero-order valence-electron chi connectivity index (χ0n) is 6.22. The number of carbonyl (C=O) groups is 1. The van der Waals surface area contributed by atoms with Gasteiger partial charge in [0.05, 0.1) is 0 Å². The van der Waals surface area contributed by atoms with E-state index in [9.17, 15) is 9.36 Å². The number of hydrogen-bond donors (Lipinski definition) is 4. The second-order valence-corrected chi connectivity index (χ2v) is 2.01. The number of phosphoric ester groups is 1. The van der Waals surface area contributed by atoms with E-state index in [0.717, 1.165) is 0 Å². The van der Waals surface area contributed by atoms with Gasteiger partial charge in [-0.25, -0.2) is 9.36 Å². The second-order valence-electron chi connectivity index (χ2n) is 0.848. The van der Waals surface area contributed by atoms with Crippen molar-refractivity contribution in [2.45, 2.75) is 0 Å². The van der Waals surface area contributed by atoms with Crippen LogP contribution in [0, 0.1) is 0 Å². The van der Waals surface area contributed by atoms with Crippen molar-refractivity contribution in [1.82, 2.24) is 6.15 Å². The molecule has 9 heteroatoms. The van der Waals surface area contributed by atoms with Crippen molar-refractivity contribution in [1.29, 1.82) is 0 Å². The molecule has 0 amide bonds. The van der Waals surface area contributed by atoms with Crippen molar-refractivity contribution >= 4 is 14.0 Å². The fourth-order valence-electron chi connectivity index (χ4n) is 0.102. The first-order chi connectivity index (χ1) is 3.42. The van der Waals surface area contributed by atoms with Gasteiger partial charge in [-0.15, -0.1) is 0 Å². The van der Waals surface area contributed by atoms with Crippen molar-refractivity contribution in [3.63, 3.8) is 0 Å². The van der Waals surface area contributed by atoms with E-state index in [1.807, 2.05) is 0 Å². The molecule has 10 heavy (non-hydrogen) atoms. The summed E-state index contributed by atoms with van der Waals surface area (Å²) in [6.45, 7) is 0. The van der Waals surface area contributed by atoms with Crippen LogP contribution in [0.1, 0.15) is 1.43 Å². The maximum atomic E-state index is 9.53. The molecule has 0 unspecified atom stereocenters. The molecule has 0 fully saturated rings. The van der Waals surface area contributed by atoms with Gasteiger partial charge in [0.15, 0.2) is 0 Å². The standard InChI is InChI=1S/CH3O6P.H3N.Na.H/c2-1(3)7-8(4,5)6;;;/h(H,2,3)(H2,4,5,6);1H3;;/q;;+1;-1. The van der Waals surface area contributed by atoms with E-state index in [2.05, 4.69) is 4.52 Å². The molecule has 0 spiro atoms. The number of carboxylic acid groups (broad SMARTS) is 1. The summed E-state index contributed by atoms with van der Waals surface area (Å²) in [4.78, 5) is 24.7. The summed E-state index contributed by atoms with van der Waals surface area (Å²) >= 11 is 0. The topological polar surface area (TPSA) is 139 Å². The molecule has 0 saturated carbocycles. The maximum absolute atomic E-state index is 9.53. The quantitative estimate of drug-likeness (QED) is 0.251. The summed E-state index contributed by atoms with van der Waals surface area (Å²) < 4.78 is 12.6. The van der Waals surface area contributed by atoms with Gasteiger partial charge in [-0.3, -0.25) is 9.79 Å². The largest absolute Gasteiger partial charge is 1.00 e. The van der Waals surface area contributed by atoms with Crippen LogP contribution in [0.2, 0.25) is 0 Å². The van der Waals surface area contributed by atoms with E-state index in [1.54, 1.807) is 0 Å². The first-order valence-electron chi connectivity index (χ1n) is 1.40. The van der Waals surface area contributed by atoms with Gasteiger partial charge in [-0.05, 0) is 0 Å². The van der Waals surface area contributed by atoms with Crippen molar-refractivity contribution in [2.75, 3.05) is 0 Å². The SMILES string of the molecule is N.O=C(O)OP(=O)(O)O.[H-].[Na+]. The molecular weight excluding hydrogens is 176 g/mol. The smallest absolute Gasteiger partial charge is 1.00 e. The van der Waals surface area contributed by atoms with Gasteiger partial charge >= 0.3 is 43.5 Å². The minimum absolute atomic E-state index is 0. The Labute approximate surface area is 80.0 Å². The third kappa shape index (κ3) is 15.8. The van der Waals surface area contributed by atoms with Crippen molar-refractivity contribution in [3.8, 4) is 0 Å². The molecule has 0 aliphatic heterocycles. The van der Waals surface area contributed by atoms with Gasteiger partial charge in [0.25, 0.3) is 0 Å². The van der Waals surface area contributed by atoms with Crippen molar-refractivity contribution < 1.29 is 59.8 Å². The molecule has 6 N–H and O–H groups in total. The molecule has 0 aliphatic carbocycles. The molecule has 0 aliphatic rings. The molecular formula is CH7NNaO6P. The average Bonchev–Trinajstić information content (AvgIpc) is 1.21. The fraction of sp³-hybridized carbons (Fsp3) is 0. The number of phosphoric acid groups is 1. The van der Waals surface area contributed by atoms with E-state index in [-0.39, 0.29) is 37.1 Å². The Morgan fingerprint density at radius 1 is 1.50 bits per heavy atom. The third-order valence-corrected chi connectivity index (χ3v) is 0.591. The van der Waals surface area contributed by atoms with Gasteiger partial charge < -0.3 is 17.2 Å². The molecule has 7 nitrogen and oxygen atoms in total. The van der Waals surface area contributed by atoms with Gasteiger partial charge in [0.1, 0.15) is 0 Å². The normalized spacial score (nSPS) is 8.60. The predicted molar refractivity (Wildman–Crippen MR) is 27.3 cm³/mol. The molecule has 0 bridgehead atoms. The zero-order chi connectivity index (χ0) is 6.78. The van der Waals surface area contributed by atoms with Crippen LogP contribution in [0.4, 0.5) is 4.79 Å². The molecule has 0 aromatic heterocycles. The Bertz CT molecular complexity index is 146. The predicted octanol–water partition coefficient (Wildman–Crippen LogP) is -2.95. The first kappa shape index (κ1) is 16.8. The molecule has 0 rings (SSSR count). The summed E-state index contributed by atoms with van der Waals surface area (Å²) in [7, 11) is -4.82. The summed E-state index contributed by atoms with van der Waals surface area (Å²) in [6.07, 6.45) is -1.99. The number of rotatable bonds is 1. The van der Waals surface area contributed by atoms with E-state index >= 15 is 0 Å². The monoisotopic (exact) mass is 183 g/mol. The van der Waals surface area contributed by atoms with Crippen LogP contribution in [0.5, 0.6) is 0 Å². The van der Waals surface area contributed by atoms with Crippen LogP contribution in [0.25, 0.3) is 0 Å².